The van der Waals surface area contributed by atoms with E-state index in [-0.39, 0.29) is 69.2 Å². The summed E-state index contributed by atoms with van der Waals surface area (Å²) in [5, 5.41) is 34.0. The van der Waals surface area contributed by atoms with Gasteiger partial charge in [0.25, 0.3) is 0 Å². The lowest BCUT2D eigenvalue weighted by Crippen LogP contribution is -2.70. The number of benzene rings is 1. The standard InChI is InChI=1S/C44H66N2O9/c1-4-25-52-34-18-19-39-37(30-34)42-35(16-10-12-23-48)33(15-9-11-22-47)29-36-38(45-54-6-3)31-40(44(55-39,43(36)42)53-26-5-2)46(21-27-51-28-24-49)41(50)20-17-32-13-7-8-14-32/h4-5,18-19,29-30,32-33,35,40,42-43,47-49H,1-2,6-17,20-28,31H2,3H3/t33-,35+,40-,42+,43+,44+/m0/s1. The van der Waals surface area contributed by atoms with Crippen LogP contribution in [-0.4, -0.2) is 103 Å². The molecule has 6 atom stereocenters. The maximum absolute atomic E-state index is 14.7. The summed E-state index contributed by atoms with van der Waals surface area (Å²) in [4.78, 5) is 22.4. The molecule has 0 bridgehead atoms. The molecule has 1 amide bonds. The maximum Gasteiger partial charge on any atom is 0.239 e. The quantitative estimate of drug-likeness (QED) is 0.0563. The predicted molar refractivity (Wildman–Crippen MR) is 213 cm³/mol. The van der Waals surface area contributed by atoms with Gasteiger partial charge >= 0.3 is 0 Å². The summed E-state index contributed by atoms with van der Waals surface area (Å²) in [6.07, 6.45) is 16.9. The van der Waals surface area contributed by atoms with Crippen molar-refractivity contribution in [3.05, 3.63) is 60.7 Å². The lowest BCUT2D eigenvalue weighted by molar-refractivity contribution is -0.258. The van der Waals surface area contributed by atoms with Gasteiger partial charge < -0.3 is 44.0 Å². The van der Waals surface area contributed by atoms with Gasteiger partial charge in [0.15, 0.2) is 0 Å². The summed E-state index contributed by atoms with van der Waals surface area (Å²) >= 11 is 0. The Bertz CT molecular complexity index is 1440. The van der Waals surface area contributed by atoms with E-state index in [4.69, 9.17) is 28.9 Å². The largest absolute Gasteiger partial charge is 0.490 e. The summed E-state index contributed by atoms with van der Waals surface area (Å²) in [6, 6.07) is 5.36. The molecule has 1 heterocycles. The molecular weight excluding hydrogens is 700 g/mol. The van der Waals surface area contributed by atoms with Crippen molar-refractivity contribution in [3.8, 4) is 11.5 Å². The molecule has 3 aliphatic carbocycles. The molecular formula is C44H66N2O9. The van der Waals surface area contributed by atoms with Gasteiger partial charge in [-0.1, -0.05) is 68.5 Å². The van der Waals surface area contributed by atoms with Gasteiger partial charge in [-0.3, -0.25) is 4.79 Å². The number of fused-ring (bicyclic) bond motifs is 2. The van der Waals surface area contributed by atoms with Crippen molar-refractivity contribution in [2.75, 3.05) is 59.4 Å². The SMILES string of the molecule is C=CCOc1ccc2c(c1)[C@H]1[C@H](CCCCO)[C@@H](CCCCO)C=C3C(=NOCC)C[C@H](N(CCOCCO)C(=O)CCC4CCCC4)[C@@](OCC=C)(O2)[C@H]31. The Kier molecular flexibility index (Phi) is 17.1. The average molecular weight is 767 g/mol. The minimum atomic E-state index is -1.32. The number of rotatable bonds is 25. The lowest BCUT2D eigenvalue weighted by Gasteiger charge is -2.60. The molecule has 3 N–H and O–H groups in total. The smallest absolute Gasteiger partial charge is 0.239 e. The second-order valence-electron chi connectivity index (χ2n) is 15.4. The van der Waals surface area contributed by atoms with E-state index in [0.29, 0.717) is 62.9 Å². The molecule has 55 heavy (non-hydrogen) atoms. The number of carbonyl (C=O) groups is 1. The van der Waals surface area contributed by atoms with Gasteiger partial charge in [-0.25, -0.2) is 0 Å². The molecule has 11 nitrogen and oxygen atoms in total. The van der Waals surface area contributed by atoms with Crippen LogP contribution in [0.1, 0.15) is 102 Å². The number of amides is 1. The van der Waals surface area contributed by atoms with Gasteiger partial charge in [0, 0.05) is 44.1 Å². The Balaban J connectivity index is 1.72. The van der Waals surface area contributed by atoms with Crippen LogP contribution in [0.2, 0.25) is 0 Å². The molecule has 0 saturated heterocycles. The first-order valence-corrected chi connectivity index (χ1v) is 20.9. The fraction of sp³-hybridized carbons (Fsp3) is 0.682. The zero-order valence-electron chi connectivity index (χ0n) is 33.1. The fourth-order valence-corrected chi connectivity index (χ4v) is 9.59. The number of aliphatic hydroxyl groups excluding tert-OH is 3. The Hall–Kier alpha value is -3.22. The monoisotopic (exact) mass is 766 g/mol. The van der Waals surface area contributed by atoms with Crippen LogP contribution < -0.4 is 9.47 Å². The van der Waals surface area contributed by atoms with Gasteiger partial charge in [-0.05, 0) is 80.6 Å². The van der Waals surface area contributed by atoms with Gasteiger partial charge in [0.2, 0.25) is 11.7 Å². The minimum absolute atomic E-state index is 0.0190. The second kappa shape index (κ2) is 21.9. The van der Waals surface area contributed by atoms with Crippen molar-refractivity contribution < 1.29 is 43.9 Å². The van der Waals surface area contributed by atoms with Crippen LogP contribution in [0, 0.1) is 23.7 Å². The molecule has 2 fully saturated rings. The van der Waals surface area contributed by atoms with Crippen molar-refractivity contribution in [3.63, 3.8) is 0 Å². The summed E-state index contributed by atoms with van der Waals surface area (Å²) < 4.78 is 26.3. The molecule has 4 aliphatic rings. The van der Waals surface area contributed by atoms with E-state index in [0.717, 1.165) is 61.8 Å². The minimum Gasteiger partial charge on any atom is -0.490 e. The molecule has 0 spiro atoms. The van der Waals surface area contributed by atoms with Crippen LogP contribution in [0.15, 0.2) is 60.3 Å². The van der Waals surface area contributed by atoms with Crippen LogP contribution in [0.25, 0.3) is 0 Å². The number of unbranched alkanes of at least 4 members (excludes halogenated alkanes) is 2. The van der Waals surface area contributed by atoms with Crippen LogP contribution in [-0.2, 0) is 19.1 Å². The normalized spacial score (nSPS) is 26.4. The van der Waals surface area contributed by atoms with E-state index >= 15 is 0 Å². The predicted octanol–water partition coefficient (Wildman–Crippen LogP) is 6.71. The van der Waals surface area contributed by atoms with Crippen LogP contribution in [0.3, 0.4) is 0 Å². The summed E-state index contributed by atoms with van der Waals surface area (Å²) in [5.74, 6) is 0.379. The average Bonchev–Trinajstić information content (AvgIpc) is 3.73. The van der Waals surface area contributed by atoms with Crippen molar-refractivity contribution in [2.45, 2.75) is 108 Å². The first-order chi connectivity index (χ1) is 27.0. The molecule has 0 aromatic heterocycles. The van der Waals surface area contributed by atoms with Gasteiger partial charge in [-0.2, -0.15) is 0 Å². The van der Waals surface area contributed by atoms with E-state index in [9.17, 15) is 20.1 Å². The van der Waals surface area contributed by atoms with E-state index in [1.165, 1.54) is 12.8 Å². The third kappa shape index (κ3) is 10.4. The van der Waals surface area contributed by atoms with Crippen molar-refractivity contribution in [1.29, 1.82) is 0 Å². The number of hydrogen-bond donors (Lipinski definition) is 3. The number of hydrogen-bond acceptors (Lipinski definition) is 10. The van der Waals surface area contributed by atoms with E-state index in [1.54, 1.807) is 12.2 Å². The molecule has 0 unspecified atom stereocenters. The molecule has 1 aromatic rings. The topological polar surface area (TPSA) is 140 Å². The zero-order valence-corrected chi connectivity index (χ0v) is 33.1. The molecule has 5 rings (SSSR count). The van der Waals surface area contributed by atoms with Crippen molar-refractivity contribution in [2.24, 2.45) is 28.8 Å². The number of ether oxygens (including phenoxy) is 4. The number of allylic oxidation sites excluding steroid dienone is 1. The Morgan fingerprint density at radius 3 is 2.47 bits per heavy atom. The number of aliphatic hydroxyl groups is 3. The molecule has 11 heteroatoms. The third-order valence-corrected chi connectivity index (χ3v) is 12.0. The molecule has 1 aromatic carbocycles. The number of carbonyl (C=O) groups excluding carboxylic acids is 1. The fourth-order valence-electron chi connectivity index (χ4n) is 9.59. The third-order valence-electron chi connectivity index (χ3n) is 12.0. The zero-order chi connectivity index (χ0) is 39.0. The molecule has 2 saturated carbocycles. The summed E-state index contributed by atoms with van der Waals surface area (Å²) in [7, 11) is 0. The lowest BCUT2D eigenvalue weighted by atomic mass is 9.55. The highest BCUT2D eigenvalue weighted by atomic mass is 16.7. The van der Waals surface area contributed by atoms with Gasteiger partial charge in [-0.15, -0.1) is 6.58 Å². The van der Waals surface area contributed by atoms with Crippen LogP contribution in [0.5, 0.6) is 11.5 Å². The van der Waals surface area contributed by atoms with E-state index < -0.39 is 11.8 Å². The molecule has 1 aliphatic heterocycles. The Morgan fingerprint density at radius 2 is 1.76 bits per heavy atom. The number of oxime groups is 1. The van der Waals surface area contributed by atoms with Crippen LogP contribution >= 0.6 is 0 Å². The molecule has 0 radical (unpaired) electrons. The Morgan fingerprint density at radius 1 is 1.00 bits per heavy atom. The highest BCUT2D eigenvalue weighted by molar-refractivity contribution is 6.03. The Labute approximate surface area is 328 Å². The molecule has 306 valence electrons. The van der Waals surface area contributed by atoms with Crippen molar-refractivity contribution in [1.82, 2.24) is 4.90 Å². The highest BCUT2D eigenvalue weighted by Crippen LogP contribution is 2.62. The van der Waals surface area contributed by atoms with Gasteiger partial charge in [0.1, 0.15) is 30.8 Å². The van der Waals surface area contributed by atoms with E-state index in [1.807, 2.05) is 24.0 Å². The maximum atomic E-state index is 14.7. The first-order valence-electron chi connectivity index (χ1n) is 20.9. The van der Waals surface area contributed by atoms with Gasteiger partial charge in [0.05, 0.1) is 38.1 Å². The van der Waals surface area contributed by atoms with E-state index in [2.05, 4.69) is 25.3 Å². The summed E-state index contributed by atoms with van der Waals surface area (Å²) in [6.45, 7) is 11.6. The van der Waals surface area contributed by atoms with Crippen LogP contribution in [0.4, 0.5) is 0 Å². The first kappa shape index (κ1) is 42.9. The summed E-state index contributed by atoms with van der Waals surface area (Å²) in [5.41, 5.74) is 2.79. The second-order valence-corrected chi connectivity index (χ2v) is 15.4. The highest BCUT2D eigenvalue weighted by Gasteiger charge is 2.65. The van der Waals surface area contributed by atoms with Crippen molar-refractivity contribution >= 4 is 11.6 Å². The number of nitrogens with zero attached hydrogens (tertiary/aromatic N) is 2.